The minimum absolute atomic E-state index is 0.0701. The predicted octanol–water partition coefficient (Wildman–Crippen LogP) is 1.89. The van der Waals surface area contributed by atoms with Gasteiger partial charge in [-0.15, -0.1) is 0 Å². The van der Waals surface area contributed by atoms with Gasteiger partial charge in [0, 0.05) is 43.9 Å². The van der Waals surface area contributed by atoms with E-state index >= 15 is 0 Å². The predicted molar refractivity (Wildman–Crippen MR) is 90.4 cm³/mol. The molecule has 2 saturated heterocycles. The second kappa shape index (κ2) is 7.73. The van der Waals surface area contributed by atoms with Gasteiger partial charge in [0.1, 0.15) is 5.82 Å². The molecular weight excluding hydrogens is 304 g/mol. The fourth-order valence-corrected chi connectivity index (χ4v) is 3.62. The molecule has 1 unspecified atom stereocenters. The molecule has 6 nitrogen and oxygen atoms in total. The Bertz CT molecular complexity index is 604. The first kappa shape index (κ1) is 16.9. The van der Waals surface area contributed by atoms with Crippen LogP contribution in [0.25, 0.3) is 0 Å². The summed E-state index contributed by atoms with van der Waals surface area (Å²) >= 11 is 0. The molecule has 0 aromatic carbocycles. The third kappa shape index (κ3) is 4.10. The summed E-state index contributed by atoms with van der Waals surface area (Å²) in [6.45, 7) is 4.31. The fraction of sp³-hybridized carbons (Fsp3) is 0.667. The Kier molecular flexibility index (Phi) is 5.43. The zero-order valence-electron chi connectivity index (χ0n) is 14.4. The average molecular weight is 330 g/mol. The SMILES string of the molecule is Cc1nccc(C2CCCN(C(=O)CN3CCCCCC3=O)C2)n1. The van der Waals surface area contributed by atoms with Crippen LogP contribution in [0, 0.1) is 6.92 Å². The standard InChI is InChI=1S/C18H26N4O2/c1-14-19-9-8-16(20-14)15-6-5-11-21(12-15)18(24)13-22-10-4-2-3-7-17(22)23/h8-9,15H,2-7,10-13H2,1H3. The number of hydrogen-bond acceptors (Lipinski definition) is 4. The van der Waals surface area contributed by atoms with Gasteiger partial charge in [0.2, 0.25) is 11.8 Å². The molecule has 1 aromatic heterocycles. The third-order valence-electron chi connectivity index (χ3n) is 4.99. The van der Waals surface area contributed by atoms with Gasteiger partial charge in [-0.1, -0.05) is 6.42 Å². The van der Waals surface area contributed by atoms with Crippen molar-refractivity contribution in [1.82, 2.24) is 19.8 Å². The third-order valence-corrected chi connectivity index (χ3v) is 4.99. The van der Waals surface area contributed by atoms with Crippen molar-refractivity contribution in [2.24, 2.45) is 0 Å². The van der Waals surface area contributed by atoms with Crippen LogP contribution in [0.4, 0.5) is 0 Å². The highest BCUT2D eigenvalue weighted by Crippen LogP contribution is 2.25. The van der Waals surface area contributed by atoms with Gasteiger partial charge < -0.3 is 9.80 Å². The molecule has 0 aliphatic carbocycles. The maximum atomic E-state index is 12.7. The van der Waals surface area contributed by atoms with Gasteiger partial charge in [0.15, 0.2) is 0 Å². The van der Waals surface area contributed by atoms with E-state index < -0.39 is 0 Å². The van der Waals surface area contributed by atoms with Gasteiger partial charge in [0.25, 0.3) is 0 Å². The van der Waals surface area contributed by atoms with E-state index in [0.29, 0.717) is 19.5 Å². The lowest BCUT2D eigenvalue weighted by atomic mass is 9.94. The molecule has 3 rings (SSSR count). The van der Waals surface area contributed by atoms with E-state index in [1.807, 2.05) is 17.9 Å². The van der Waals surface area contributed by atoms with Gasteiger partial charge in [-0.25, -0.2) is 9.97 Å². The largest absolute Gasteiger partial charge is 0.340 e. The highest BCUT2D eigenvalue weighted by molar-refractivity contribution is 5.85. The van der Waals surface area contributed by atoms with Crippen LogP contribution < -0.4 is 0 Å². The molecule has 1 atom stereocenters. The Hall–Kier alpha value is -1.98. The van der Waals surface area contributed by atoms with Crippen molar-refractivity contribution in [3.63, 3.8) is 0 Å². The number of rotatable bonds is 3. The Labute approximate surface area is 143 Å². The molecule has 6 heteroatoms. The summed E-state index contributed by atoms with van der Waals surface area (Å²) in [5.74, 6) is 1.23. The van der Waals surface area contributed by atoms with Crippen molar-refractivity contribution < 1.29 is 9.59 Å². The second-order valence-corrected chi connectivity index (χ2v) is 6.83. The Balaban J connectivity index is 1.61. The molecule has 2 fully saturated rings. The van der Waals surface area contributed by atoms with Crippen molar-refractivity contribution in [3.8, 4) is 0 Å². The van der Waals surface area contributed by atoms with Crippen LogP contribution in [0.2, 0.25) is 0 Å². The normalized spacial score (nSPS) is 22.4. The molecule has 130 valence electrons. The van der Waals surface area contributed by atoms with Crippen molar-refractivity contribution in [2.45, 2.75) is 51.4 Å². The van der Waals surface area contributed by atoms with Gasteiger partial charge in [-0.2, -0.15) is 0 Å². The Morgan fingerprint density at radius 3 is 2.96 bits per heavy atom. The highest BCUT2D eigenvalue weighted by Gasteiger charge is 2.28. The van der Waals surface area contributed by atoms with E-state index in [4.69, 9.17) is 0 Å². The van der Waals surface area contributed by atoms with Gasteiger partial charge in [-0.3, -0.25) is 9.59 Å². The van der Waals surface area contributed by atoms with Crippen molar-refractivity contribution in [2.75, 3.05) is 26.2 Å². The zero-order chi connectivity index (χ0) is 16.9. The number of amides is 2. The molecule has 0 radical (unpaired) electrons. The van der Waals surface area contributed by atoms with Crippen molar-refractivity contribution >= 4 is 11.8 Å². The average Bonchev–Trinajstić information content (AvgIpc) is 2.80. The lowest BCUT2D eigenvalue weighted by Gasteiger charge is -2.34. The summed E-state index contributed by atoms with van der Waals surface area (Å²) in [6.07, 6.45) is 7.42. The first-order valence-corrected chi connectivity index (χ1v) is 8.98. The number of piperidine rings is 1. The number of carbonyl (C=O) groups is 2. The maximum absolute atomic E-state index is 12.7. The lowest BCUT2D eigenvalue weighted by Crippen LogP contribution is -2.46. The van der Waals surface area contributed by atoms with Gasteiger partial charge >= 0.3 is 0 Å². The smallest absolute Gasteiger partial charge is 0.242 e. The van der Waals surface area contributed by atoms with Crippen LogP contribution in [-0.2, 0) is 9.59 Å². The molecule has 3 heterocycles. The molecule has 0 bridgehead atoms. The summed E-state index contributed by atoms with van der Waals surface area (Å²) in [5.41, 5.74) is 1.02. The number of carbonyl (C=O) groups excluding carboxylic acids is 2. The highest BCUT2D eigenvalue weighted by atomic mass is 16.2. The van der Waals surface area contributed by atoms with Crippen molar-refractivity contribution in [3.05, 3.63) is 23.8 Å². The molecule has 1 aromatic rings. The molecule has 2 amide bonds. The minimum Gasteiger partial charge on any atom is -0.340 e. The summed E-state index contributed by atoms with van der Waals surface area (Å²) in [5, 5.41) is 0. The lowest BCUT2D eigenvalue weighted by molar-refractivity contribution is -0.140. The van der Waals surface area contributed by atoms with Crippen LogP contribution >= 0.6 is 0 Å². The van der Waals surface area contributed by atoms with Crippen LogP contribution in [-0.4, -0.2) is 57.8 Å². The van der Waals surface area contributed by atoms with Crippen LogP contribution in [0.5, 0.6) is 0 Å². The maximum Gasteiger partial charge on any atom is 0.242 e. The quantitative estimate of drug-likeness (QED) is 0.849. The summed E-state index contributed by atoms with van der Waals surface area (Å²) in [7, 11) is 0. The monoisotopic (exact) mass is 330 g/mol. The Morgan fingerprint density at radius 2 is 2.12 bits per heavy atom. The summed E-state index contributed by atoms with van der Waals surface area (Å²) in [4.78, 5) is 37.1. The van der Waals surface area contributed by atoms with E-state index in [0.717, 1.165) is 50.2 Å². The summed E-state index contributed by atoms with van der Waals surface area (Å²) in [6, 6.07) is 1.95. The van der Waals surface area contributed by atoms with E-state index in [1.165, 1.54) is 0 Å². The number of aryl methyl sites for hydroxylation is 1. The second-order valence-electron chi connectivity index (χ2n) is 6.83. The van der Waals surface area contributed by atoms with E-state index in [9.17, 15) is 9.59 Å². The van der Waals surface area contributed by atoms with Crippen LogP contribution in [0.15, 0.2) is 12.3 Å². The van der Waals surface area contributed by atoms with Gasteiger partial charge in [0.05, 0.1) is 6.54 Å². The molecule has 2 aliphatic heterocycles. The molecule has 0 saturated carbocycles. The van der Waals surface area contributed by atoms with Crippen molar-refractivity contribution in [1.29, 1.82) is 0 Å². The summed E-state index contributed by atoms with van der Waals surface area (Å²) < 4.78 is 0. The topological polar surface area (TPSA) is 66.4 Å². The molecular formula is C18H26N4O2. The Morgan fingerprint density at radius 1 is 1.25 bits per heavy atom. The number of nitrogens with zero attached hydrogens (tertiary/aromatic N) is 4. The number of hydrogen-bond donors (Lipinski definition) is 0. The zero-order valence-corrected chi connectivity index (χ0v) is 14.4. The molecule has 0 N–H and O–H groups in total. The van der Waals surface area contributed by atoms with E-state index in [1.54, 1.807) is 11.1 Å². The minimum atomic E-state index is 0.0701. The molecule has 0 spiro atoms. The number of likely N-dealkylation sites (tertiary alicyclic amines) is 2. The fourth-order valence-electron chi connectivity index (χ4n) is 3.62. The first-order chi connectivity index (χ1) is 11.6. The van der Waals surface area contributed by atoms with Gasteiger partial charge in [-0.05, 0) is 38.7 Å². The van der Waals surface area contributed by atoms with Crippen LogP contribution in [0.1, 0.15) is 56.0 Å². The van der Waals surface area contributed by atoms with E-state index in [-0.39, 0.29) is 24.3 Å². The van der Waals surface area contributed by atoms with Crippen LogP contribution in [0.3, 0.4) is 0 Å². The number of aromatic nitrogens is 2. The molecule has 2 aliphatic rings. The van der Waals surface area contributed by atoms with E-state index in [2.05, 4.69) is 9.97 Å². The molecule has 24 heavy (non-hydrogen) atoms. The first-order valence-electron chi connectivity index (χ1n) is 8.98.